The number of urea groups is 1. The minimum atomic E-state index is -0.874. The first-order valence-corrected chi connectivity index (χ1v) is 8.92. The molecule has 1 aromatic carbocycles. The third-order valence-corrected chi connectivity index (χ3v) is 4.28. The monoisotopic (exact) mass is 412 g/mol. The van der Waals surface area contributed by atoms with E-state index in [1.165, 1.54) is 6.92 Å². The second kappa shape index (κ2) is 9.41. The Morgan fingerprint density at radius 1 is 1.20 bits per heavy atom. The molecule has 25 heavy (non-hydrogen) atoms. The van der Waals surface area contributed by atoms with Crippen molar-refractivity contribution in [2.24, 2.45) is 0 Å². The number of amides is 3. The zero-order valence-electron chi connectivity index (χ0n) is 13.9. The van der Waals surface area contributed by atoms with Crippen molar-refractivity contribution >= 4 is 33.8 Å². The maximum Gasteiger partial charge on any atom is 0.347 e. The molecule has 0 aliphatic heterocycles. The molecule has 3 amide bonds. The molecule has 136 valence electrons. The number of halogens is 1. The third kappa shape index (κ3) is 6.74. The lowest BCUT2D eigenvalue weighted by atomic mass is 10.2. The summed E-state index contributed by atoms with van der Waals surface area (Å²) < 4.78 is 11.2. The van der Waals surface area contributed by atoms with Crippen molar-refractivity contribution < 1.29 is 23.9 Å². The molecule has 0 heterocycles. The molecule has 0 spiro atoms. The highest BCUT2D eigenvalue weighted by Gasteiger charge is 2.20. The van der Waals surface area contributed by atoms with Gasteiger partial charge in [-0.2, -0.15) is 0 Å². The van der Waals surface area contributed by atoms with Gasteiger partial charge in [0.1, 0.15) is 5.75 Å². The molecular weight excluding hydrogens is 392 g/mol. The van der Waals surface area contributed by atoms with Gasteiger partial charge in [0.15, 0.2) is 12.7 Å². The zero-order valence-corrected chi connectivity index (χ0v) is 15.5. The van der Waals surface area contributed by atoms with Crippen LogP contribution in [0.4, 0.5) is 4.79 Å². The molecule has 0 radical (unpaired) electrons. The molecule has 0 bridgehead atoms. The second-order valence-electron chi connectivity index (χ2n) is 5.82. The van der Waals surface area contributed by atoms with Gasteiger partial charge in [0.05, 0.1) is 0 Å². The Balaban J connectivity index is 1.68. The highest BCUT2D eigenvalue weighted by Crippen LogP contribution is 2.18. The zero-order chi connectivity index (χ0) is 18.2. The van der Waals surface area contributed by atoms with Crippen LogP contribution in [0.5, 0.6) is 5.75 Å². The van der Waals surface area contributed by atoms with Gasteiger partial charge in [0, 0.05) is 10.5 Å². The molecule has 0 aromatic heterocycles. The number of carbonyl (C=O) groups excluding carboxylic acids is 3. The number of nitrogens with one attached hydrogen (secondary N) is 2. The standard InChI is InChI=1S/C17H21BrN2O5/c1-11(25-14-8-6-12(18)7-9-14)16(22)24-10-15(21)20-17(23)19-13-4-2-3-5-13/h6-9,11,13H,2-5,10H2,1H3,(H2,19,20,21,23)/t11-/m1/s1. The maximum atomic E-state index is 11.8. The Morgan fingerprint density at radius 3 is 2.48 bits per heavy atom. The van der Waals surface area contributed by atoms with Crippen LogP contribution in [0.1, 0.15) is 32.6 Å². The fourth-order valence-electron chi connectivity index (χ4n) is 2.47. The van der Waals surface area contributed by atoms with Gasteiger partial charge in [0.25, 0.3) is 5.91 Å². The number of hydrogen-bond donors (Lipinski definition) is 2. The fraction of sp³-hybridized carbons (Fsp3) is 0.471. The number of carbonyl (C=O) groups is 3. The van der Waals surface area contributed by atoms with Gasteiger partial charge in [0.2, 0.25) is 0 Å². The van der Waals surface area contributed by atoms with Gasteiger partial charge in [-0.3, -0.25) is 10.1 Å². The first kappa shape index (κ1) is 19.2. The summed E-state index contributed by atoms with van der Waals surface area (Å²) in [5, 5.41) is 4.86. The van der Waals surface area contributed by atoms with Gasteiger partial charge in [-0.05, 0) is 44.0 Å². The molecule has 0 unspecified atom stereocenters. The Kier molecular flexibility index (Phi) is 7.24. The molecule has 0 saturated heterocycles. The SMILES string of the molecule is C[C@@H](Oc1ccc(Br)cc1)C(=O)OCC(=O)NC(=O)NC1CCCC1. The summed E-state index contributed by atoms with van der Waals surface area (Å²) in [6.45, 7) is 0.986. The van der Waals surface area contributed by atoms with Gasteiger partial charge in [-0.1, -0.05) is 28.8 Å². The van der Waals surface area contributed by atoms with Crippen molar-refractivity contribution in [2.75, 3.05) is 6.61 Å². The van der Waals surface area contributed by atoms with Crippen LogP contribution < -0.4 is 15.4 Å². The van der Waals surface area contributed by atoms with E-state index < -0.39 is 30.6 Å². The lowest BCUT2D eigenvalue weighted by Gasteiger charge is -2.14. The van der Waals surface area contributed by atoms with Crippen LogP contribution in [-0.4, -0.2) is 36.7 Å². The van der Waals surface area contributed by atoms with Crippen molar-refractivity contribution in [1.82, 2.24) is 10.6 Å². The van der Waals surface area contributed by atoms with Crippen molar-refractivity contribution in [3.05, 3.63) is 28.7 Å². The van der Waals surface area contributed by atoms with E-state index >= 15 is 0 Å². The van der Waals surface area contributed by atoms with Crippen LogP contribution in [0.15, 0.2) is 28.7 Å². The second-order valence-corrected chi connectivity index (χ2v) is 6.74. The molecular formula is C17H21BrN2O5. The summed E-state index contributed by atoms with van der Waals surface area (Å²) in [6, 6.07) is 6.51. The molecule has 8 heteroatoms. The number of rotatable bonds is 6. The molecule has 2 rings (SSSR count). The van der Waals surface area contributed by atoms with Crippen molar-refractivity contribution in [3.8, 4) is 5.75 Å². The summed E-state index contributed by atoms with van der Waals surface area (Å²) in [7, 11) is 0. The molecule has 1 saturated carbocycles. The average Bonchev–Trinajstić information content (AvgIpc) is 3.07. The maximum absolute atomic E-state index is 11.8. The van der Waals surface area contributed by atoms with Crippen LogP contribution in [0.2, 0.25) is 0 Å². The lowest BCUT2D eigenvalue weighted by Crippen LogP contribution is -2.45. The number of benzene rings is 1. The van der Waals surface area contributed by atoms with Gasteiger partial charge >= 0.3 is 12.0 Å². The summed E-state index contributed by atoms with van der Waals surface area (Å²) >= 11 is 3.30. The van der Waals surface area contributed by atoms with Gasteiger partial charge in [-0.15, -0.1) is 0 Å². The predicted molar refractivity (Wildman–Crippen MR) is 94.1 cm³/mol. The minimum Gasteiger partial charge on any atom is -0.479 e. The molecule has 1 aliphatic rings. The number of ether oxygens (including phenoxy) is 2. The number of hydrogen-bond acceptors (Lipinski definition) is 5. The molecule has 1 aliphatic carbocycles. The summed E-state index contributed by atoms with van der Waals surface area (Å²) in [6.07, 6.45) is 3.11. The van der Waals surface area contributed by atoms with E-state index in [9.17, 15) is 14.4 Å². The first-order valence-electron chi connectivity index (χ1n) is 8.13. The topological polar surface area (TPSA) is 93.7 Å². The van der Waals surface area contributed by atoms with E-state index in [1.54, 1.807) is 24.3 Å². The molecule has 1 atom stereocenters. The Hall–Kier alpha value is -2.09. The minimum absolute atomic E-state index is 0.106. The van der Waals surface area contributed by atoms with E-state index in [0.29, 0.717) is 5.75 Å². The number of imide groups is 1. The summed E-state index contributed by atoms with van der Waals surface area (Å²) in [5.41, 5.74) is 0. The van der Waals surface area contributed by atoms with E-state index in [4.69, 9.17) is 9.47 Å². The van der Waals surface area contributed by atoms with Crippen LogP contribution in [0.3, 0.4) is 0 Å². The smallest absolute Gasteiger partial charge is 0.347 e. The molecule has 1 aromatic rings. The largest absolute Gasteiger partial charge is 0.479 e. The Labute approximate surface area is 154 Å². The molecule has 2 N–H and O–H groups in total. The first-order chi connectivity index (χ1) is 11.9. The predicted octanol–water partition coefficient (Wildman–Crippen LogP) is 2.53. The van der Waals surface area contributed by atoms with Crippen molar-refractivity contribution in [2.45, 2.75) is 44.8 Å². The fourth-order valence-corrected chi connectivity index (χ4v) is 2.74. The highest BCUT2D eigenvalue weighted by atomic mass is 79.9. The normalized spacial score (nSPS) is 15.3. The molecule has 1 fully saturated rings. The summed E-state index contributed by atoms with van der Waals surface area (Å²) in [4.78, 5) is 35.1. The quantitative estimate of drug-likeness (QED) is 0.700. The van der Waals surface area contributed by atoms with Gasteiger partial charge in [-0.25, -0.2) is 9.59 Å². The summed E-state index contributed by atoms with van der Waals surface area (Å²) in [5.74, 6) is -0.859. The molecule has 7 nitrogen and oxygen atoms in total. The van der Waals surface area contributed by atoms with E-state index in [1.807, 2.05) is 0 Å². The van der Waals surface area contributed by atoms with Crippen LogP contribution in [0.25, 0.3) is 0 Å². The van der Waals surface area contributed by atoms with Crippen molar-refractivity contribution in [3.63, 3.8) is 0 Å². The van der Waals surface area contributed by atoms with E-state index in [2.05, 4.69) is 26.6 Å². The average molecular weight is 413 g/mol. The lowest BCUT2D eigenvalue weighted by molar-refractivity contribution is -0.154. The van der Waals surface area contributed by atoms with Gasteiger partial charge < -0.3 is 14.8 Å². The van der Waals surface area contributed by atoms with Crippen LogP contribution >= 0.6 is 15.9 Å². The van der Waals surface area contributed by atoms with Crippen LogP contribution in [-0.2, 0) is 14.3 Å². The number of esters is 1. The van der Waals surface area contributed by atoms with E-state index in [0.717, 1.165) is 30.2 Å². The Bertz CT molecular complexity index is 614. The third-order valence-electron chi connectivity index (χ3n) is 3.75. The van der Waals surface area contributed by atoms with E-state index in [-0.39, 0.29) is 6.04 Å². The van der Waals surface area contributed by atoms with Crippen molar-refractivity contribution in [1.29, 1.82) is 0 Å². The van der Waals surface area contributed by atoms with Crippen LogP contribution in [0, 0.1) is 0 Å². The highest BCUT2D eigenvalue weighted by molar-refractivity contribution is 9.10. The Morgan fingerprint density at radius 2 is 1.84 bits per heavy atom.